The van der Waals surface area contributed by atoms with Crippen molar-refractivity contribution in [2.24, 2.45) is 0 Å². The molecular formula is C17H23N5O2. The number of carbonyl (C=O) groups is 1. The quantitative estimate of drug-likeness (QED) is 0.837. The third-order valence-electron chi connectivity index (χ3n) is 4.33. The first-order chi connectivity index (χ1) is 11.6. The largest absolute Gasteiger partial charge is 0.342 e. The fourth-order valence-electron chi connectivity index (χ4n) is 2.94. The lowest BCUT2D eigenvalue weighted by Gasteiger charge is -2.32. The van der Waals surface area contributed by atoms with Crippen molar-refractivity contribution in [3.63, 3.8) is 0 Å². The summed E-state index contributed by atoms with van der Waals surface area (Å²) in [6.07, 6.45) is 8.10. The zero-order valence-corrected chi connectivity index (χ0v) is 14.2. The Hall–Kier alpha value is -2.31. The van der Waals surface area contributed by atoms with Gasteiger partial charge in [-0.2, -0.15) is 4.98 Å². The summed E-state index contributed by atoms with van der Waals surface area (Å²) in [4.78, 5) is 27.2. The maximum atomic E-state index is 12.5. The zero-order chi connectivity index (χ0) is 16.9. The van der Waals surface area contributed by atoms with Crippen LogP contribution >= 0.6 is 0 Å². The molecule has 3 heterocycles. The molecule has 1 aliphatic rings. The van der Waals surface area contributed by atoms with Gasteiger partial charge in [-0.15, -0.1) is 0 Å². The second-order valence-corrected chi connectivity index (χ2v) is 6.51. The highest BCUT2D eigenvalue weighted by atomic mass is 16.5. The highest BCUT2D eigenvalue weighted by Gasteiger charge is 2.25. The van der Waals surface area contributed by atoms with E-state index in [0.29, 0.717) is 31.1 Å². The third-order valence-corrected chi connectivity index (χ3v) is 4.33. The van der Waals surface area contributed by atoms with E-state index in [9.17, 15) is 4.79 Å². The predicted molar refractivity (Wildman–Crippen MR) is 87.3 cm³/mol. The average molecular weight is 329 g/mol. The van der Waals surface area contributed by atoms with E-state index in [2.05, 4.69) is 20.1 Å². The van der Waals surface area contributed by atoms with Crippen LogP contribution < -0.4 is 0 Å². The van der Waals surface area contributed by atoms with Gasteiger partial charge in [0.15, 0.2) is 5.82 Å². The lowest BCUT2D eigenvalue weighted by molar-refractivity contribution is -0.132. The number of likely N-dealkylation sites (tertiary alicyclic amines) is 1. The molecule has 3 rings (SSSR count). The summed E-state index contributed by atoms with van der Waals surface area (Å²) in [5.74, 6) is 1.86. The molecule has 0 radical (unpaired) electrons. The minimum Gasteiger partial charge on any atom is -0.342 e. The van der Waals surface area contributed by atoms with Gasteiger partial charge in [-0.1, -0.05) is 19.0 Å². The maximum absolute atomic E-state index is 12.5. The lowest BCUT2D eigenvalue weighted by atomic mass is 9.95. The van der Waals surface area contributed by atoms with E-state index in [0.717, 1.165) is 25.1 Å². The Morgan fingerprint density at radius 3 is 3.00 bits per heavy atom. The van der Waals surface area contributed by atoms with Gasteiger partial charge in [0.2, 0.25) is 11.8 Å². The molecule has 0 bridgehead atoms. The number of rotatable bonds is 5. The van der Waals surface area contributed by atoms with Crippen molar-refractivity contribution in [2.45, 2.75) is 51.4 Å². The Kier molecular flexibility index (Phi) is 5.17. The minimum atomic E-state index is 0.132. The second-order valence-electron chi connectivity index (χ2n) is 6.51. The number of aryl methyl sites for hydroxylation is 1. The molecule has 1 fully saturated rings. The molecule has 0 saturated carbocycles. The molecule has 7 heteroatoms. The Bertz CT molecular complexity index is 671. The molecule has 128 valence electrons. The standard InChI is InChI=1S/C17H23N5O2/c1-12(2)17-20-15(24-21-17)5-6-16(23)22-9-3-4-13(11-22)14-10-18-7-8-19-14/h7-8,10,12-13H,3-6,9,11H2,1-2H3/t13-/m1/s1. The smallest absolute Gasteiger partial charge is 0.227 e. The van der Waals surface area contributed by atoms with E-state index >= 15 is 0 Å². The number of amides is 1. The summed E-state index contributed by atoms with van der Waals surface area (Å²) in [5.41, 5.74) is 0.966. The van der Waals surface area contributed by atoms with Crippen molar-refractivity contribution in [3.8, 4) is 0 Å². The van der Waals surface area contributed by atoms with Gasteiger partial charge in [0.25, 0.3) is 0 Å². The van der Waals surface area contributed by atoms with E-state index in [1.54, 1.807) is 18.6 Å². The first kappa shape index (κ1) is 16.5. The van der Waals surface area contributed by atoms with Crippen LogP contribution in [-0.4, -0.2) is 44.0 Å². The van der Waals surface area contributed by atoms with Gasteiger partial charge in [-0.3, -0.25) is 14.8 Å². The van der Waals surface area contributed by atoms with Crippen LogP contribution in [0.25, 0.3) is 0 Å². The molecule has 1 saturated heterocycles. The van der Waals surface area contributed by atoms with Crippen molar-refractivity contribution in [1.82, 2.24) is 25.0 Å². The fraction of sp³-hybridized carbons (Fsp3) is 0.588. The van der Waals surface area contributed by atoms with Gasteiger partial charge in [0.1, 0.15) is 0 Å². The van der Waals surface area contributed by atoms with Crippen LogP contribution in [0.4, 0.5) is 0 Å². The monoisotopic (exact) mass is 329 g/mol. The van der Waals surface area contributed by atoms with Crippen LogP contribution in [0.15, 0.2) is 23.1 Å². The first-order valence-corrected chi connectivity index (χ1v) is 8.49. The normalized spacial score (nSPS) is 18.1. The van der Waals surface area contributed by atoms with E-state index in [1.807, 2.05) is 18.7 Å². The van der Waals surface area contributed by atoms with Gasteiger partial charge in [-0.05, 0) is 12.8 Å². The van der Waals surface area contributed by atoms with Gasteiger partial charge in [0.05, 0.1) is 5.69 Å². The van der Waals surface area contributed by atoms with Crippen LogP contribution in [0.2, 0.25) is 0 Å². The molecule has 0 N–H and O–H groups in total. The number of piperidine rings is 1. The number of nitrogens with zero attached hydrogens (tertiary/aromatic N) is 5. The Balaban J connectivity index is 1.54. The topological polar surface area (TPSA) is 85.0 Å². The van der Waals surface area contributed by atoms with Crippen LogP contribution in [-0.2, 0) is 11.2 Å². The zero-order valence-electron chi connectivity index (χ0n) is 14.2. The molecule has 0 aromatic carbocycles. The van der Waals surface area contributed by atoms with Crippen LogP contribution in [0.1, 0.15) is 62.4 Å². The first-order valence-electron chi connectivity index (χ1n) is 8.49. The Morgan fingerprint density at radius 1 is 1.42 bits per heavy atom. The maximum Gasteiger partial charge on any atom is 0.227 e. The molecular weight excluding hydrogens is 306 g/mol. The molecule has 0 spiro atoms. The SMILES string of the molecule is CC(C)c1noc(CCC(=O)N2CCC[C@@H](c3cnccn3)C2)n1. The lowest BCUT2D eigenvalue weighted by Crippen LogP contribution is -2.39. The molecule has 2 aromatic heterocycles. The Labute approximate surface area is 141 Å². The average Bonchev–Trinajstić information content (AvgIpc) is 3.10. The van der Waals surface area contributed by atoms with Crippen molar-refractivity contribution in [1.29, 1.82) is 0 Å². The molecule has 7 nitrogen and oxygen atoms in total. The van der Waals surface area contributed by atoms with Gasteiger partial charge < -0.3 is 9.42 Å². The van der Waals surface area contributed by atoms with E-state index in [-0.39, 0.29) is 17.7 Å². The summed E-state index contributed by atoms with van der Waals surface area (Å²) >= 11 is 0. The molecule has 0 unspecified atom stereocenters. The molecule has 24 heavy (non-hydrogen) atoms. The summed E-state index contributed by atoms with van der Waals surface area (Å²) in [5, 5.41) is 3.93. The summed E-state index contributed by atoms with van der Waals surface area (Å²) in [6.45, 7) is 5.54. The third kappa shape index (κ3) is 3.96. The van der Waals surface area contributed by atoms with Crippen molar-refractivity contribution < 1.29 is 9.32 Å². The highest BCUT2D eigenvalue weighted by Crippen LogP contribution is 2.25. The van der Waals surface area contributed by atoms with Gasteiger partial charge >= 0.3 is 0 Å². The number of aromatic nitrogens is 4. The van der Waals surface area contributed by atoms with Crippen LogP contribution in [0, 0.1) is 0 Å². The van der Waals surface area contributed by atoms with E-state index in [4.69, 9.17) is 4.52 Å². The number of hydrogen-bond donors (Lipinski definition) is 0. The molecule has 1 aliphatic heterocycles. The van der Waals surface area contributed by atoms with Gasteiger partial charge in [0, 0.05) is 56.4 Å². The Morgan fingerprint density at radius 2 is 2.29 bits per heavy atom. The summed E-state index contributed by atoms with van der Waals surface area (Å²) in [6, 6.07) is 0. The molecule has 1 amide bonds. The van der Waals surface area contributed by atoms with Crippen molar-refractivity contribution >= 4 is 5.91 Å². The second kappa shape index (κ2) is 7.51. The van der Waals surface area contributed by atoms with Crippen LogP contribution in [0.3, 0.4) is 0 Å². The molecule has 2 aromatic rings. The fourth-order valence-corrected chi connectivity index (χ4v) is 2.94. The van der Waals surface area contributed by atoms with E-state index in [1.165, 1.54) is 0 Å². The van der Waals surface area contributed by atoms with E-state index < -0.39 is 0 Å². The van der Waals surface area contributed by atoms with Crippen molar-refractivity contribution in [3.05, 3.63) is 36.0 Å². The molecule has 0 aliphatic carbocycles. The summed E-state index contributed by atoms with van der Waals surface area (Å²) in [7, 11) is 0. The highest BCUT2D eigenvalue weighted by molar-refractivity contribution is 5.76. The van der Waals surface area contributed by atoms with Crippen molar-refractivity contribution in [2.75, 3.05) is 13.1 Å². The number of carbonyl (C=O) groups excluding carboxylic acids is 1. The van der Waals surface area contributed by atoms with Crippen LogP contribution in [0.5, 0.6) is 0 Å². The number of hydrogen-bond acceptors (Lipinski definition) is 6. The summed E-state index contributed by atoms with van der Waals surface area (Å²) < 4.78 is 5.20. The minimum absolute atomic E-state index is 0.132. The predicted octanol–water partition coefficient (Wildman–Crippen LogP) is 2.32. The van der Waals surface area contributed by atoms with Gasteiger partial charge in [-0.25, -0.2) is 0 Å². The molecule has 1 atom stereocenters.